The Bertz CT molecular complexity index is 791. The number of hydrogen-bond donors (Lipinski definition) is 2. The minimum Gasteiger partial charge on any atom is -0.355 e. The summed E-state index contributed by atoms with van der Waals surface area (Å²) in [7, 11) is 0. The predicted molar refractivity (Wildman–Crippen MR) is 87.8 cm³/mol. The molecule has 0 atom stereocenters. The zero-order valence-electron chi connectivity index (χ0n) is 13.6. The van der Waals surface area contributed by atoms with E-state index >= 15 is 0 Å². The van der Waals surface area contributed by atoms with E-state index in [0.29, 0.717) is 5.56 Å². The van der Waals surface area contributed by atoms with Gasteiger partial charge in [-0.1, -0.05) is 24.3 Å². The lowest BCUT2D eigenvalue weighted by molar-refractivity contribution is -0.137. The van der Waals surface area contributed by atoms with Crippen LogP contribution in [0.2, 0.25) is 0 Å². The summed E-state index contributed by atoms with van der Waals surface area (Å²) in [6.07, 6.45) is -4.81. The van der Waals surface area contributed by atoms with Crippen LogP contribution in [0.5, 0.6) is 0 Å². The zero-order valence-corrected chi connectivity index (χ0v) is 13.6. The molecule has 2 N–H and O–H groups in total. The van der Waals surface area contributed by atoms with Crippen molar-refractivity contribution in [3.63, 3.8) is 0 Å². The van der Waals surface area contributed by atoms with E-state index in [2.05, 4.69) is 10.6 Å². The molecule has 0 saturated carbocycles. The second-order valence-electron chi connectivity index (χ2n) is 5.49. The molecular formula is C18H16F4N2O2. The summed E-state index contributed by atoms with van der Waals surface area (Å²) < 4.78 is 51.3. The molecule has 0 fully saturated rings. The predicted octanol–water partition coefficient (Wildman–Crippen LogP) is 3.53. The third kappa shape index (κ3) is 5.87. The van der Waals surface area contributed by atoms with Gasteiger partial charge in [0.1, 0.15) is 12.2 Å². The van der Waals surface area contributed by atoms with Crippen LogP contribution in [0.25, 0.3) is 0 Å². The Hall–Kier alpha value is -2.90. The van der Waals surface area contributed by atoms with Crippen molar-refractivity contribution in [3.8, 4) is 0 Å². The molecule has 0 spiro atoms. The molecule has 2 rings (SSSR count). The van der Waals surface area contributed by atoms with Crippen molar-refractivity contribution in [1.82, 2.24) is 5.32 Å². The number of halogens is 4. The molecule has 8 heteroatoms. The maximum Gasteiger partial charge on any atom is 0.416 e. The van der Waals surface area contributed by atoms with E-state index < -0.39 is 30.0 Å². The first-order valence-corrected chi connectivity index (χ1v) is 7.73. The number of amides is 2. The molecule has 0 bridgehead atoms. The molecule has 0 aromatic heterocycles. The third-order valence-electron chi connectivity index (χ3n) is 3.47. The lowest BCUT2D eigenvalue weighted by Gasteiger charge is -2.10. The maximum absolute atomic E-state index is 13.4. The summed E-state index contributed by atoms with van der Waals surface area (Å²) in [4.78, 5) is 23.5. The van der Waals surface area contributed by atoms with Crippen LogP contribution in [-0.2, 0) is 22.2 Å². The number of anilines is 1. The second-order valence-corrected chi connectivity index (χ2v) is 5.49. The quantitative estimate of drug-likeness (QED) is 0.605. The Labute approximate surface area is 147 Å². The number of benzene rings is 2. The monoisotopic (exact) mass is 368 g/mol. The van der Waals surface area contributed by atoms with Crippen LogP contribution in [0.3, 0.4) is 0 Å². The highest BCUT2D eigenvalue weighted by Gasteiger charge is 2.30. The number of carbonyl (C=O) groups is 2. The molecule has 0 radical (unpaired) electrons. The molecule has 0 saturated heterocycles. The van der Waals surface area contributed by atoms with Crippen LogP contribution < -0.4 is 10.6 Å². The van der Waals surface area contributed by atoms with Crippen LogP contribution in [-0.4, -0.2) is 18.4 Å². The van der Waals surface area contributed by atoms with Gasteiger partial charge in [0.25, 0.3) is 0 Å². The standard InChI is InChI=1S/C18H16F4N2O2/c19-15-7-2-1-4-12(15)8-9-23-16(25)11-17(26)24-14-6-3-5-13(10-14)18(20,21)22/h1-7,10H,8-9,11H2,(H,23,25)(H,24,26). The first kappa shape index (κ1) is 19.4. The van der Waals surface area contributed by atoms with Crippen LogP contribution in [0.1, 0.15) is 17.5 Å². The fourth-order valence-corrected chi connectivity index (χ4v) is 2.22. The minimum atomic E-state index is -4.52. The van der Waals surface area contributed by atoms with Gasteiger partial charge >= 0.3 is 6.18 Å². The molecule has 0 aliphatic carbocycles. The van der Waals surface area contributed by atoms with Crippen LogP contribution in [0.15, 0.2) is 48.5 Å². The van der Waals surface area contributed by atoms with Gasteiger partial charge < -0.3 is 10.6 Å². The first-order chi connectivity index (χ1) is 12.3. The normalized spacial score (nSPS) is 11.1. The Morgan fingerprint density at radius 2 is 1.69 bits per heavy atom. The van der Waals surface area contributed by atoms with Gasteiger partial charge in [-0.25, -0.2) is 4.39 Å². The second kappa shape index (κ2) is 8.46. The smallest absolute Gasteiger partial charge is 0.355 e. The van der Waals surface area contributed by atoms with Crippen LogP contribution in [0, 0.1) is 5.82 Å². The molecule has 4 nitrogen and oxygen atoms in total. The molecule has 26 heavy (non-hydrogen) atoms. The van der Waals surface area contributed by atoms with E-state index in [1.807, 2.05) is 0 Å². The van der Waals surface area contributed by atoms with Crippen LogP contribution in [0.4, 0.5) is 23.2 Å². The Morgan fingerprint density at radius 1 is 0.962 bits per heavy atom. The van der Waals surface area contributed by atoms with Gasteiger partial charge in [0.2, 0.25) is 11.8 Å². The highest BCUT2D eigenvalue weighted by molar-refractivity contribution is 6.03. The summed E-state index contributed by atoms with van der Waals surface area (Å²) in [5.74, 6) is -1.73. The van der Waals surface area contributed by atoms with Crippen molar-refractivity contribution in [1.29, 1.82) is 0 Å². The topological polar surface area (TPSA) is 58.2 Å². The summed E-state index contributed by atoms with van der Waals surface area (Å²) in [5, 5.41) is 4.71. The minimum absolute atomic E-state index is 0.0519. The van der Waals surface area contributed by atoms with Crippen molar-refractivity contribution in [2.75, 3.05) is 11.9 Å². The van der Waals surface area contributed by atoms with Gasteiger partial charge in [-0.2, -0.15) is 13.2 Å². The van der Waals surface area contributed by atoms with Crippen molar-refractivity contribution in [3.05, 3.63) is 65.5 Å². The highest BCUT2D eigenvalue weighted by Crippen LogP contribution is 2.30. The van der Waals surface area contributed by atoms with Gasteiger partial charge in [-0.15, -0.1) is 0 Å². The largest absolute Gasteiger partial charge is 0.416 e. The maximum atomic E-state index is 13.4. The van der Waals surface area contributed by atoms with Crippen molar-refractivity contribution in [2.24, 2.45) is 0 Å². The fraction of sp³-hybridized carbons (Fsp3) is 0.222. The summed E-state index contributed by atoms with van der Waals surface area (Å²) in [6, 6.07) is 10.2. The SMILES string of the molecule is O=C(CC(=O)Nc1cccc(C(F)(F)F)c1)NCCc1ccccc1F. The van der Waals surface area contributed by atoms with E-state index in [1.54, 1.807) is 18.2 Å². The molecule has 2 aromatic rings. The van der Waals surface area contributed by atoms with Gasteiger partial charge in [-0.05, 0) is 36.2 Å². The zero-order chi connectivity index (χ0) is 19.2. The molecule has 2 amide bonds. The van der Waals surface area contributed by atoms with Gasteiger partial charge in [0, 0.05) is 12.2 Å². The molecule has 0 aliphatic heterocycles. The molecular weight excluding hydrogens is 352 g/mol. The molecule has 0 heterocycles. The van der Waals surface area contributed by atoms with Gasteiger partial charge in [0.15, 0.2) is 0 Å². The average Bonchev–Trinajstić information content (AvgIpc) is 2.56. The van der Waals surface area contributed by atoms with Gasteiger partial charge in [-0.3, -0.25) is 9.59 Å². The number of alkyl halides is 3. The fourth-order valence-electron chi connectivity index (χ4n) is 2.22. The van der Waals surface area contributed by atoms with E-state index in [0.717, 1.165) is 18.2 Å². The molecule has 2 aromatic carbocycles. The Balaban J connectivity index is 1.80. The summed E-state index contributed by atoms with van der Waals surface area (Å²) in [5.41, 5.74) is -0.519. The molecule has 138 valence electrons. The Kier molecular flexibility index (Phi) is 6.32. The highest BCUT2D eigenvalue weighted by atomic mass is 19.4. The van der Waals surface area contributed by atoms with Crippen molar-refractivity contribution < 1.29 is 27.2 Å². The average molecular weight is 368 g/mol. The first-order valence-electron chi connectivity index (χ1n) is 7.73. The summed E-state index contributed by atoms with van der Waals surface area (Å²) >= 11 is 0. The van der Waals surface area contributed by atoms with E-state index in [1.165, 1.54) is 12.1 Å². The van der Waals surface area contributed by atoms with E-state index in [9.17, 15) is 27.2 Å². The van der Waals surface area contributed by atoms with E-state index in [4.69, 9.17) is 0 Å². The van der Waals surface area contributed by atoms with Crippen molar-refractivity contribution >= 4 is 17.5 Å². The number of carbonyl (C=O) groups excluding carboxylic acids is 2. The number of hydrogen-bond acceptors (Lipinski definition) is 2. The number of nitrogens with one attached hydrogen (secondary N) is 2. The lowest BCUT2D eigenvalue weighted by atomic mass is 10.1. The number of rotatable bonds is 6. The molecule has 0 aliphatic rings. The molecule has 0 unspecified atom stereocenters. The van der Waals surface area contributed by atoms with Gasteiger partial charge in [0.05, 0.1) is 5.56 Å². The van der Waals surface area contributed by atoms with Crippen LogP contribution >= 0.6 is 0 Å². The van der Waals surface area contributed by atoms with E-state index in [-0.39, 0.29) is 24.5 Å². The third-order valence-corrected chi connectivity index (χ3v) is 3.47. The summed E-state index contributed by atoms with van der Waals surface area (Å²) in [6.45, 7) is 0.136. The van der Waals surface area contributed by atoms with Crippen molar-refractivity contribution in [2.45, 2.75) is 19.0 Å². The Morgan fingerprint density at radius 3 is 2.38 bits per heavy atom. The lowest BCUT2D eigenvalue weighted by Crippen LogP contribution is -2.29.